The zero-order chi connectivity index (χ0) is 21.4. The summed E-state index contributed by atoms with van der Waals surface area (Å²) in [6.07, 6.45) is 2.03. The number of H-pyrrole nitrogens is 1. The van der Waals surface area contributed by atoms with Crippen LogP contribution >= 0.6 is 0 Å². The van der Waals surface area contributed by atoms with Crippen LogP contribution in [0.2, 0.25) is 0 Å². The standard InChI is InChI=1S/C22H24N4O5/c1-13(23-21(27)9-14-2-3-18-19(8-14)31-12-30-18)16-11-22(28)26-20(24-16)10-17(25-26)15-4-6-29-7-5-15/h2-3,8,10-11,13,15,25H,4-7,9,12H2,1H3,(H,23,27)/t13-/m0/s1. The summed E-state index contributed by atoms with van der Waals surface area (Å²) in [6.45, 7) is 3.46. The Hall–Kier alpha value is -3.33. The van der Waals surface area contributed by atoms with Crippen LogP contribution < -0.4 is 20.3 Å². The first-order valence-corrected chi connectivity index (χ1v) is 10.4. The Kier molecular flexibility index (Phi) is 5.11. The molecule has 0 radical (unpaired) electrons. The van der Waals surface area contributed by atoms with Crippen LogP contribution in [0.5, 0.6) is 11.5 Å². The van der Waals surface area contributed by atoms with Gasteiger partial charge in [-0.1, -0.05) is 6.07 Å². The molecular weight excluding hydrogens is 400 g/mol. The van der Waals surface area contributed by atoms with E-state index < -0.39 is 6.04 Å². The van der Waals surface area contributed by atoms with Gasteiger partial charge < -0.3 is 19.5 Å². The normalized spacial score (nSPS) is 17.1. The Balaban J connectivity index is 1.30. The average Bonchev–Trinajstić information content (AvgIpc) is 3.41. The fraction of sp³-hybridized carbons (Fsp3) is 0.409. The van der Waals surface area contributed by atoms with Gasteiger partial charge in [-0.05, 0) is 37.5 Å². The number of amides is 1. The highest BCUT2D eigenvalue weighted by molar-refractivity contribution is 5.79. The van der Waals surface area contributed by atoms with E-state index in [9.17, 15) is 9.59 Å². The van der Waals surface area contributed by atoms with E-state index in [2.05, 4.69) is 15.4 Å². The fourth-order valence-corrected chi connectivity index (χ4v) is 4.07. The number of aromatic nitrogens is 3. The van der Waals surface area contributed by atoms with Crippen molar-refractivity contribution in [2.75, 3.05) is 20.0 Å². The molecule has 1 fully saturated rings. The summed E-state index contributed by atoms with van der Waals surface area (Å²) >= 11 is 0. The molecule has 0 bridgehead atoms. The highest BCUT2D eigenvalue weighted by Crippen LogP contribution is 2.32. The second kappa shape index (κ2) is 8.07. The topological polar surface area (TPSA) is 107 Å². The van der Waals surface area contributed by atoms with Crippen molar-refractivity contribution in [1.82, 2.24) is 19.9 Å². The van der Waals surface area contributed by atoms with Crippen LogP contribution in [-0.4, -0.2) is 40.5 Å². The lowest BCUT2D eigenvalue weighted by Gasteiger charge is -2.20. The predicted molar refractivity (Wildman–Crippen MR) is 111 cm³/mol. The first-order valence-electron chi connectivity index (χ1n) is 10.4. The summed E-state index contributed by atoms with van der Waals surface area (Å²) in [6, 6.07) is 8.42. The Morgan fingerprint density at radius 1 is 1.23 bits per heavy atom. The highest BCUT2D eigenvalue weighted by Gasteiger charge is 2.20. The molecule has 3 aromatic rings. The molecule has 9 heteroatoms. The van der Waals surface area contributed by atoms with E-state index in [0.717, 1.165) is 37.3 Å². The number of nitrogens with one attached hydrogen (secondary N) is 2. The number of ether oxygens (including phenoxy) is 3. The van der Waals surface area contributed by atoms with E-state index in [1.54, 1.807) is 12.1 Å². The third-order valence-electron chi connectivity index (χ3n) is 5.77. The zero-order valence-electron chi connectivity index (χ0n) is 17.2. The molecule has 0 aliphatic carbocycles. The zero-order valence-corrected chi connectivity index (χ0v) is 17.2. The summed E-state index contributed by atoms with van der Waals surface area (Å²) in [7, 11) is 0. The van der Waals surface area contributed by atoms with E-state index in [0.29, 0.717) is 28.8 Å². The Morgan fingerprint density at radius 3 is 2.87 bits per heavy atom. The number of hydrogen-bond donors (Lipinski definition) is 2. The molecular formula is C22H24N4O5. The minimum Gasteiger partial charge on any atom is -0.454 e. The van der Waals surface area contributed by atoms with Gasteiger partial charge in [-0.3, -0.25) is 14.7 Å². The maximum atomic E-state index is 12.6. The minimum absolute atomic E-state index is 0.162. The van der Waals surface area contributed by atoms with Crippen LogP contribution in [0.15, 0.2) is 35.1 Å². The highest BCUT2D eigenvalue weighted by atomic mass is 16.7. The molecule has 31 heavy (non-hydrogen) atoms. The van der Waals surface area contributed by atoms with Gasteiger partial charge in [-0.25, -0.2) is 9.50 Å². The van der Waals surface area contributed by atoms with Crippen molar-refractivity contribution in [3.05, 3.63) is 57.6 Å². The van der Waals surface area contributed by atoms with Crippen LogP contribution in [-0.2, 0) is 16.0 Å². The molecule has 4 heterocycles. The van der Waals surface area contributed by atoms with Crippen molar-refractivity contribution in [2.24, 2.45) is 0 Å². The second-order valence-electron chi connectivity index (χ2n) is 7.96. The minimum atomic E-state index is -0.402. The number of carbonyl (C=O) groups is 1. The summed E-state index contributed by atoms with van der Waals surface area (Å²) in [4.78, 5) is 29.8. The van der Waals surface area contributed by atoms with Crippen molar-refractivity contribution in [1.29, 1.82) is 0 Å². The van der Waals surface area contributed by atoms with Gasteiger partial charge in [0.05, 0.1) is 18.2 Å². The Bertz CT molecular complexity index is 1180. The van der Waals surface area contributed by atoms with Crippen molar-refractivity contribution < 1.29 is 19.0 Å². The van der Waals surface area contributed by atoms with E-state index >= 15 is 0 Å². The summed E-state index contributed by atoms with van der Waals surface area (Å²) in [5, 5.41) is 6.10. The van der Waals surface area contributed by atoms with Crippen molar-refractivity contribution >= 4 is 11.6 Å². The number of benzene rings is 1. The van der Waals surface area contributed by atoms with Crippen LogP contribution in [0.4, 0.5) is 0 Å². The molecule has 1 saturated heterocycles. The average molecular weight is 424 g/mol. The molecule has 1 amide bonds. The molecule has 2 aliphatic rings. The number of carbonyl (C=O) groups excluding carboxylic acids is 1. The smallest absolute Gasteiger partial charge is 0.272 e. The molecule has 9 nitrogen and oxygen atoms in total. The fourth-order valence-electron chi connectivity index (χ4n) is 4.07. The molecule has 2 aliphatic heterocycles. The summed E-state index contributed by atoms with van der Waals surface area (Å²) < 4.78 is 17.5. The van der Waals surface area contributed by atoms with Gasteiger partial charge in [0.15, 0.2) is 17.1 Å². The molecule has 2 N–H and O–H groups in total. The molecule has 1 aromatic carbocycles. The Morgan fingerprint density at radius 2 is 2.03 bits per heavy atom. The molecule has 0 saturated carbocycles. The van der Waals surface area contributed by atoms with E-state index in [1.807, 2.05) is 19.1 Å². The van der Waals surface area contributed by atoms with Gasteiger partial charge in [0.1, 0.15) is 0 Å². The van der Waals surface area contributed by atoms with Gasteiger partial charge >= 0.3 is 0 Å². The van der Waals surface area contributed by atoms with Gasteiger partial charge in [0.25, 0.3) is 5.56 Å². The molecule has 5 rings (SSSR count). The van der Waals surface area contributed by atoms with Crippen LogP contribution in [0.25, 0.3) is 5.65 Å². The first-order chi connectivity index (χ1) is 15.1. The van der Waals surface area contributed by atoms with Crippen molar-refractivity contribution in [3.8, 4) is 11.5 Å². The van der Waals surface area contributed by atoms with Gasteiger partial charge in [-0.2, -0.15) is 0 Å². The van der Waals surface area contributed by atoms with Gasteiger partial charge in [0, 0.05) is 37.0 Å². The van der Waals surface area contributed by atoms with Crippen molar-refractivity contribution in [3.63, 3.8) is 0 Å². The summed E-state index contributed by atoms with van der Waals surface area (Å²) in [5.74, 6) is 1.50. The van der Waals surface area contributed by atoms with Crippen molar-refractivity contribution in [2.45, 2.75) is 38.1 Å². The van der Waals surface area contributed by atoms with E-state index in [1.165, 1.54) is 10.6 Å². The van der Waals surface area contributed by atoms with Crippen LogP contribution in [0, 0.1) is 0 Å². The van der Waals surface area contributed by atoms with Gasteiger partial charge in [0.2, 0.25) is 12.7 Å². The SMILES string of the molecule is C[C@H](NC(=O)Cc1ccc2c(c1)OCO2)c1cc(=O)n2[nH]c(C3CCOCC3)cc2n1. The molecule has 0 spiro atoms. The quantitative estimate of drug-likeness (QED) is 0.649. The number of rotatable bonds is 5. The maximum absolute atomic E-state index is 12.6. The summed E-state index contributed by atoms with van der Waals surface area (Å²) in [5.41, 5.74) is 2.70. The van der Waals surface area contributed by atoms with E-state index in [4.69, 9.17) is 14.2 Å². The predicted octanol–water partition coefficient (Wildman–Crippen LogP) is 2.07. The van der Waals surface area contributed by atoms with Crippen LogP contribution in [0.1, 0.15) is 48.7 Å². The lowest BCUT2D eigenvalue weighted by atomic mass is 9.97. The van der Waals surface area contributed by atoms with Gasteiger partial charge in [-0.15, -0.1) is 0 Å². The number of nitrogens with zero attached hydrogens (tertiary/aromatic N) is 2. The monoisotopic (exact) mass is 424 g/mol. The number of hydrogen-bond acceptors (Lipinski definition) is 6. The number of fused-ring (bicyclic) bond motifs is 2. The molecule has 1 atom stereocenters. The van der Waals surface area contributed by atoms with E-state index in [-0.39, 0.29) is 24.7 Å². The number of aromatic amines is 1. The lowest BCUT2D eigenvalue weighted by Crippen LogP contribution is -2.30. The molecule has 162 valence electrons. The molecule has 2 aromatic heterocycles. The Labute approximate surface area is 178 Å². The molecule has 0 unspecified atom stereocenters. The first kappa shape index (κ1) is 19.6. The maximum Gasteiger partial charge on any atom is 0.272 e. The lowest BCUT2D eigenvalue weighted by molar-refractivity contribution is -0.121. The largest absolute Gasteiger partial charge is 0.454 e. The van der Waals surface area contributed by atoms with Crippen LogP contribution in [0.3, 0.4) is 0 Å². The third-order valence-corrected chi connectivity index (χ3v) is 5.77. The second-order valence-corrected chi connectivity index (χ2v) is 7.96. The third kappa shape index (κ3) is 4.00.